The molecular formula is C18H23NO5S. The molecule has 0 saturated heterocycles. The molecule has 2 N–H and O–H groups in total. The molecule has 1 heterocycles. The van der Waals surface area contributed by atoms with E-state index in [1.165, 1.54) is 18.4 Å². The average molecular weight is 365 g/mol. The summed E-state index contributed by atoms with van der Waals surface area (Å²) in [6.07, 6.45) is 3.57. The fourth-order valence-corrected chi connectivity index (χ4v) is 5.49. The highest BCUT2D eigenvalue weighted by Crippen LogP contribution is 2.49. The van der Waals surface area contributed by atoms with E-state index in [0.29, 0.717) is 10.6 Å². The summed E-state index contributed by atoms with van der Waals surface area (Å²) in [6.45, 7) is 3.70. The Morgan fingerprint density at radius 3 is 2.16 bits per heavy atom. The van der Waals surface area contributed by atoms with Crippen LogP contribution in [0.25, 0.3) is 0 Å². The van der Waals surface area contributed by atoms with E-state index < -0.39 is 23.8 Å². The number of hydrogen-bond donors (Lipinski definition) is 2. The zero-order chi connectivity index (χ0) is 18.3. The van der Waals surface area contributed by atoms with Crippen molar-refractivity contribution in [1.82, 2.24) is 0 Å². The first-order valence-electron chi connectivity index (χ1n) is 8.57. The van der Waals surface area contributed by atoms with E-state index in [2.05, 4.69) is 5.32 Å². The number of carboxylic acids is 1. The van der Waals surface area contributed by atoms with Gasteiger partial charge >= 0.3 is 11.9 Å². The third-order valence-corrected chi connectivity index (χ3v) is 6.94. The third kappa shape index (κ3) is 3.05. The standard InChI is InChI=1S/C18H23NO5S/c1-8-9(2)25-16(12(8)18(23)24-3)19-15(20)13-10-4-6-11(7-5-10)14(13)17(21)22/h10-11,13-14H,4-7H2,1-3H3,(H,19,20)(H,21,22)/t10?,11?,13-,14-/m1/s1. The molecule has 25 heavy (non-hydrogen) atoms. The molecule has 3 saturated carbocycles. The number of hydrogen-bond acceptors (Lipinski definition) is 5. The van der Waals surface area contributed by atoms with Gasteiger partial charge in [0.1, 0.15) is 5.00 Å². The molecular weight excluding hydrogens is 342 g/mol. The summed E-state index contributed by atoms with van der Waals surface area (Å²) in [5.41, 5.74) is 1.15. The number of methoxy groups -OCH3 is 1. The lowest BCUT2D eigenvalue weighted by Gasteiger charge is -2.45. The van der Waals surface area contributed by atoms with Crippen LogP contribution in [0.3, 0.4) is 0 Å². The zero-order valence-corrected chi connectivity index (χ0v) is 15.4. The van der Waals surface area contributed by atoms with E-state index in [1.54, 1.807) is 0 Å². The van der Waals surface area contributed by atoms with Crippen molar-refractivity contribution in [2.75, 3.05) is 12.4 Å². The quantitative estimate of drug-likeness (QED) is 0.799. The van der Waals surface area contributed by atoms with Gasteiger partial charge in [0, 0.05) is 4.88 Å². The van der Waals surface area contributed by atoms with Gasteiger partial charge in [0.05, 0.1) is 24.5 Å². The molecule has 2 atom stereocenters. The highest BCUT2D eigenvalue weighted by Gasteiger charge is 2.50. The van der Waals surface area contributed by atoms with Crippen LogP contribution in [0.15, 0.2) is 0 Å². The molecule has 4 rings (SSSR count). The first-order chi connectivity index (χ1) is 11.8. The van der Waals surface area contributed by atoms with E-state index in [0.717, 1.165) is 36.1 Å². The van der Waals surface area contributed by atoms with Gasteiger partial charge < -0.3 is 15.2 Å². The molecule has 3 aliphatic rings. The van der Waals surface area contributed by atoms with Crippen molar-refractivity contribution in [2.24, 2.45) is 23.7 Å². The monoisotopic (exact) mass is 365 g/mol. The van der Waals surface area contributed by atoms with Gasteiger partial charge in [0.15, 0.2) is 0 Å². The van der Waals surface area contributed by atoms with Gasteiger partial charge in [-0.05, 0) is 56.9 Å². The maximum absolute atomic E-state index is 12.9. The molecule has 136 valence electrons. The number of aliphatic carboxylic acids is 1. The van der Waals surface area contributed by atoms with Crippen LogP contribution in [0.4, 0.5) is 5.00 Å². The first-order valence-corrected chi connectivity index (χ1v) is 9.38. The molecule has 0 radical (unpaired) electrons. The van der Waals surface area contributed by atoms with Gasteiger partial charge in [-0.2, -0.15) is 0 Å². The summed E-state index contributed by atoms with van der Waals surface area (Å²) in [6, 6.07) is 0. The number of carboxylic acid groups (broad SMARTS) is 1. The first kappa shape index (κ1) is 17.9. The number of carbonyl (C=O) groups excluding carboxylic acids is 2. The molecule has 2 bridgehead atoms. The second kappa shape index (κ2) is 6.78. The Morgan fingerprint density at radius 2 is 1.64 bits per heavy atom. The van der Waals surface area contributed by atoms with Crippen molar-refractivity contribution in [3.63, 3.8) is 0 Å². The molecule has 7 heteroatoms. The van der Waals surface area contributed by atoms with Gasteiger partial charge in [-0.25, -0.2) is 4.79 Å². The third-order valence-electron chi connectivity index (χ3n) is 5.82. The van der Waals surface area contributed by atoms with Crippen molar-refractivity contribution in [3.8, 4) is 0 Å². The maximum atomic E-state index is 12.9. The maximum Gasteiger partial charge on any atom is 0.341 e. The van der Waals surface area contributed by atoms with Gasteiger partial charge in [0.2, 0.25) is 5.91 Å². The summed E-state index contributed by atoms with van der Waals surface area (Å²) in [5, 5.41) is 12.9. The fourth-order valence-electron chi connectivity index (χ4n) is 4.44. The highest BCUT2D eigenvalue weighted by molar-refractivity contribution is 7.16. The van der Waals surface area contributed by atoms with Crippen molar-refractivity contribution in [3.05, 3.63) is 16.0 Å². The lowest BCUT2D eigenvalue weighted by Crippen LogP contribution is -2.49. The number of amides is 1. The van der Waals surface area contributed by atoms with E-state index >= 15 is 0 Å². The van der Waals surface area contributed by atoms with E-state index in [-0.39, 0.29) is 17.7 Å². The average Bonchev–Trinajstić information content (AvgIpc) is 2.88. The number of ether oxygens (including phenoxy) is 1. The largest absolute Gasteiger partial charge is 0.481 e. The van der Waals surface area contributed by atoms with Crippen LogP contribution in [0.2, 0.25) is 0 Å². The molecule has 0 aliphatic heterocycles. The molecule has 1 aromatic rings. The Labute approximate surface area is 150 Å². The van der Waals surface area contributed by atoms with E-state index in [1.807, 2.05) is 13.8 Å². The molecule has 0 unspecified atom stereocenters. The number of rotatable bonds is 4. The molecule has 1 amide bonds. The van der Waals surface area contributed by atoms with Gasteiger partial charge in [-0.1, -0.05) is 0 Å². The van der Waals surface area contributed by atoms with E-state index in [9.17, 15) is 19.5 Å². The van der Waals surface area contributed by atoms with Crippen LogP contribution in [0.1, 0.15) is 46.5 Å². The molecule has 0 spiro atoms. The number of esters is 1. The Bertz CT molecular complexity index is 717. The summed E-state index contributed by atoms with van der Waals surface area (Å²) in [5.74, 6) is -2.64. The summed E-state index contributed by atoms with van der Waals surface area (Å²) in [7, 11) is 1.31. The Morgan fingerprint density at radius 1 is 1.08 bits per heavy atom. The lowest BCUT2D eigenvalue weighted by molar-refractivity contribution is -0.156. The summed E-state index contributed by atoms with van der Waals surface area (Å²) in [4.78, 5) is 37.7. The number of fused-ring (bicyclic) bond motifs is 3. The number of aryl methyl sites for hydroxylation is 1. The van der Waals surface area contributed by atoms with Crippen LogP contribution >= 0.6 is 11.3 Å². The van der Waals surface area contributed by atoms with Crippen LogP contribution in [0, 0.1) is 37.5 Å². The van der Waals surface area contributed by atoms with Crippen molar-refractivity contribution >= 4 is 34.2 Å². The molecule has 3 fully saturated rings. The van der Waals surface area contributed by atoms with Gasteiger partial charge in [-0.3, -0.25) is 9.59 Å². The number of anilines is 1. The minimum Gasteiger partial charge on any atom is -0.481 e. The van der Waals surface area contributed by atoms with Crippen LogP contribution < -0.4 is 5.32 Å². The number of carbonyl (C=O) groups is 3. The van der Waals surface area contributed by atoms with Crippen LogP contribution in [0.5, 0.6) is 0 Å². The Balaban J connectivity index is 1.88. The number of nitrogens with one attached hydrogen (secondary N) is 1. The second-order valence-electron chi connectivity index (χ2n) is 7.03. The Kier molecular flexibility index (Phi) is 4.86. The second-order valence-corrected chi connectivity index (χ2v) is 8.26. The fraction of sp³-hybridized carbons (Fsp3) is 0.611. The number of thiophene rings is 1. The van der Waals surface area contributed by atoms with E-state index in [4.69, 9.17) is 4.74 Å². The molecule has 3 aliphatic carbocycles. The predicted molar refractivity (Wildman–Crippen MR) is 93.8 cm³/mol. The van der Waals surface area contributed by atoms with Crippen LogP contribution in [-0.4, -0.2) is 30.1 Å². The van der Waals surface area contributed by atoms with Crippen LogP contribution in [-0.2, 0) is 14.3 Å². The molecule has 0 aromatic carbocycles. The minimum absolute atomic E-state index is 0.0742. The normalized spacial score (nSPS) is 27.8. The highest BCUT2D eigenvalue weighted by atomic mass is 32.1. The smallest absolute Gasteiger partial charge is 0.341 e. The topological polar surface area (TPSA) is 92.7 Å². The summed E-state index contributed by atoms with van der Waals surface area (Å²) >= 11 is 1.33. The van der Waals surface area contributed by atoms with Gasteiger partial charge in [-0.15, -0.1) is 11.3 Å². The van der Waals surface area contributed by atoms with Gasteiger partial charge in [0.25, 0.3) is 0 Å². The molecule has 6 nitrogen and oxygen atoms in total. The van der Waals surface area contributed by atoms with Crippen molar-refractivity contribution in [1.29, 1.82) is 0 Å². The predicted octanol–water partition coefficient (Wildman–Crippen LogP) is 3.23. The van der Waals surface area contributed by atoms with Crippen molar-refractivity contribution < 1.29 is 24.2 Å². The zero-order valence-electron chi connectivity index (χ0n) is 14.6. The SMILES string of the molecule is COC(=O)c1c(NC(=O)[C@@H]2C3CCC(CC3)[C@H]2C(=O)O)sc(C)c1C. The lowest BCUT2D eigenvalue weighted by atomic mass is 9.58. The van der Waals surface area contributed by atoms with Crippen molar-refractivity contribution in [2.45, 2.75) is 39.5 Å². The minimum atomic E-state index is -0.888. The Hall–Kier alpha value is -1.89. The molecule has 1 aromatic heterocycles. The summed E-state index contributed by atoms with van der Waals surface area (Å²) < 4.78 is 4.83.